The molecule has 0 fully saturated rings. The minimum atomic E-state index is -0.689. The molecular formula is C29H32ClNO5. The topological polar surface area (TPSA) is 77.0 Å². The van der Waals surface area contributed by atoms with Crippen molar-refractivity contribution in [3.8, 4) is 11.5 Å². The van der Waals surface area contributed by atoms with Crippen LogP contribution in [0.5, 0.6) is 11.5 Å². The predicted octanol–water partition coefficient (Wildman–Crippen LogP) is 5.04. The standard InChI is InChI=1S/C29H32ClNO5/c1-2-34-29(33)19-35-25-12-9-21-8-11-24(14-23(21)15-25)31-17-27(32)22-10-13-28(26(30)16-22)36-18-20-6-4-3-5-7-20/h3-7,9-10,12-13,15-16,24,27,31-32H,2,8,11,14,17-19H2,1H3/t24?,27-/m1/s1. The molecule has 6 nitrogen and oxygen atoms in total. The molecule has 0 saturated heterocycles. The fraction of sp³-hybridized carbons (Fsp3) is 0.345. The lowest BCUT2D eigenvalue weighted by Crippen LogP contribution is -2.37. The van der Waals surface area contributed by atoms with Gasteiger partial charge in [0.15, 0.2) is 6.61 Å². The molecule has 0 spiro atoms. The van der Waals surface area contributed by atoms with Gasteiger partial charge in [-0.25, -0.2) is 4.79 Å². The number of halogens is 1. The van der Waals surface area contributed by atoms with Crippen LogP contribution in [0, 0.1) is 0 Å². The van der Waals surface area contributed by atoms with Crippen molar-refractivity contribution in [2.24, 2.45) is 0 Å². The second-order valence-corrected chi connectivity index (χ2v) is 9.26. The van der Waals surface area contributed by atoms with Gasteiger partial charge in [0, 0.05) is 12.6 Å². The summed E-state index contributed by atoms with van der Waals surface area (Å²) in [7, 11) is 0. The molecule has 1 aliphatic carbocycles. The first-order valence-corrected chi connectivity index (χ1v) is 12.7. The summed E-state index contributed by atoms with van der Waals surface area (Å²) in [4.78, 5) is 11.6. The molecule has 0 saturated carbocycles. The number of hydrogen-bond acceptors (Lipinski definition) is 6. The highest BCUT2D eigenvalue weighted by Crippen LogP contribution is 2.29. The number of carbonyl (C=O) groups is 1. The molecule has 0 aromatic heterocycles. The van der Waals surface area contributed by atoms with Crippen LogP contribution in [0.25, 0.3) is 0 Å². The van der Waals surface area contributed by atoms with Crippen molar-refractivity contribution in [1.82, 2.24) is 5.32 Å². The van der Waals surface area contributed by atoms with Crippen molar-refractivity contribution in [2.75, 3.05) is 19.8 Å². The Bertz CT molecular complexity index is 1150. The maximum absolute atomic E-state index is 11.6. The van der Waals surface area contributed by atoms with Crippen molar-refractivity contribution < 1.29 is 24.1 Å². The van der Waals surface area contributed by atoms with E-state index in [1.165, 1.54) is 11.1 Å². The third-order valence-electron chi connectivity index (χ3n) is 6.25. The Labute approximate surface area is 217 Å². The molecule has 1 unspecified atom stereocenters. The number of nitrogens with one attached hydrogen (secondary N) is 1. The number of hydrogen-bond donors (Lipinski definition) is 2. The molecule has 4 rings (SSSR count). The zero-order valence-corrected chi connectivity index (χ0v) is 21.2. The minimum absolute atomic E-state index is 0.0981. The Balaban J connectivity index is 1.28. The van der Waals surface area contributed by atoms with Gasteiger partial charge in [-0.2, -0.15) is 0 Å². The average Bonchev–Trinajstić information content (AvgIpc) is 2.90. The Morgan fingerprint density at radius 3 is 2.69 bits per heavy atom. The summed E-state index contributed by atoms with van der Waals surface area (Å²) >= 11 is 6.43. The fourth-order valence-corrected chi connectivity index (χ4v) is 4.56. The van der Waals surface area contributed by atoms with Crippen LogP contribution in [0.4, 0.5) is 0 Å². The molecule has 2 N–H and O–H groups in total. The van der Waals surface area contributed by atoms with E-state index in [1.54, 1.807) is 19.1 Å². The third kappa shape index (κ3) is 7.23. The third-order valence-corrected chi connectivity index (χ3v) is 6.54. The van der Waals surface area contributed by atoms with E-state index >= 15 is 0 Å². The highest BCUT2D eigenvalue weighted by atomic mass is 35.5. The highest BCUT2D eigenvalue weighted by Gasteiger charge is 2.21. The van der Waals surface area contributed by atoms with E-state index in [4.69, 9.17) is 25.8 Å². The Morgan fingerprint density at radius 2 is 1.92 bits per heavy atom. The van der Waals surface area contributed by atoms with Crippen molar-refractivity contribution >= 4 is 17.6 Å². The molecule has 0 heterocycles. The van der Waals surface area contributed by atoms with Crippen LogP contribution in [-0.4, -0.2) is 36.9 Å². The molecular weight excluding hydrogens is 478 g/mol. The van der Waals surface area contributed by atoms with Gasteiger partial charge < -0.3 is 24.6 Å². The maximum atomic E-state index is 11.6. The van der Waals surface area contributed by atoms with Crippen molar-refractivity contribution in [3.05, 3.63) is 94.0 Å². The lowest BCUT2D eigenvalue weighted by molar-refractivity contribution is -0.145. The normalized spacial score (nSPS) is 15.6. The van der Waals surface area contributed by atoms with Gasteiger partial charge in [-0.1, -0.05) is 54.1 Å². The Morgan fingerprint density at radius 1 is 1.08 bits per heavy atom. The van der Waals surface area contributed by atoms with Crippen LogP contribution < -0.4 is 14.8 Å². The first-order valence-electron chi connectivity index (χ1n) is 12.3. The number of carbonyl (C=O) groups excluding carboxylic acids is 1. The smallest absolute Gasteiger partial charge is 0.344 e. The second-order valence-electron chi connectivity index (χ2n) is 8.85. The Kier molecular flexibility index (Phi) is 9.23. The van der Waals surface area contributed by atoms with Gasteiger partial charge in [0.05, 0.1) is 17.7 Å². The van der Waals surface area contributed by atoms with Crippen molar-refractivity contribution in [2.45, 2.75) is 44.9 Å². The van der Waals surface area contributed by atoms with Crippen molar-refractivity contribution in [1.29, 1.82) is 0 Å². The number of aliphatic hydroxyl groups is 1. The SMILES string of the molecule is CCOC(=O)COc1ccc2c(c1)CC(NC[C@@H](O)c1ccc(OCc3ccccc3)c(Cl)c1)CC2. The van der Waals surface area contributed by atoms with E-state index in [-0.39, 0.29) is 18.6 Å². The summed E-state index contributed by atoms with van der Waals surface area (Å²) in [5.41, 5.74) is 4.28. The zero-order valence-electron chi connectivity index (χ0n) is 20.4. The number of rotatable bonds is 11. The number of esters is 1. The summed E-state index contributed by atoms with van der Waals surface area (Å²) in [6.45, 7) is 2.86. The first kappa shape index (κ1) is 26.0. The summed E-state index contributed by atoms with van der Waals surface area (Å²) in [6, 6.07) is 21.5. The van der Waals surface area contributed by atoms with E-state index in [0.717, 1.165) is 30.4 Å². The van der Waals surface area contributed by atoms with E-state index in [2.05, 4.69) is 11.4 Å². The molecule has 7 heteroatoms. The fourth-order valence-electron chi connectivity index (χ4n) is 4.32. The summed E-state index contributed by atoms with van der Waals surface area (Å²) < 4.78 is 16.3. The number of aryl methyl sites for hydroxylation is 1. The number of ether oxygens (including phenoxy) is 3. The molecule has 1 aliphatic rings. The molecule has 0 aliphatic heterocycles. The molecule has 3 aromatic rings. The molecule has 190 valence electrons. The monoisotopic (exact) mass is 509 g/mol. The number of fused-ring (bicyclic) bond motifs is 1. The van der Waals surface area contributed by atoms with Gasteiger partial charge in [0.2, 0.25) is 0 Å². The molecule has 0 bridgehead atoms. The number of aliphatic hydroxyl groups excluding tert-OH is 1. The first-order chi connectivity index (χ1) is 17.5. The molecule has 0 radical (unpaired) electrons. The average molecular weight is 510 g/mol. The lowest BCUT2D eigenvalue weighted by atomic mass is 9.88. The lowest BCUT2D eigenvalue weighted by Gasteiger charge is -2.27. The van der Waals surface area contributed by atoms with Gasteiger partial charge in [-0.15, -0.1) is 0 Å². The van der Waals surface area contributed by atoms with Crippen LogP contribution in [0.1, 0.15) is 41.7 Å². The molecule has 36 heavy (non-hydrogen) atoms. The van der Waals surface area contributed by atoms with Crippen molar-refractivity contribution in [3.63, 3.8) is 0 Å². The van der Waals surface area contributed by atoms with Crippen LogP contribution in [0.3, 0.4) is 0 Å². The van der Waals surface area contributed by atoms with Gasteiger partial charge in [0.25, 0.3) is 0 Å². The maximum Gasteiger partial charge on any atom is 0.344 e. The molecule has 2 atom stereocenters. The second kappa shape index (κ2) is 12.8. The van der Waals surface area contributed by atoms with Gasteiger partial charge in [-0.05, 0) is 72.7 Å². The summed E-state index contributed by atoms with van der Waals surface area (Å²) in [6.07, 6.45) is 2.06. The highest BCUT2D eigenvalue weighted by molar-refractivity contribution is 6.32. The van der Waals surface area contributed by atoms with Crippen LogP contribution >= 0.6 is 11.6 Å². The quantitative estimate of drug-likeness (QED) is 0.353. The Hall–Kier alpha value is -3.06. The van der Waals surface area contributed by atoms with Gasteiger partial charge in [0.1, 0.15) is 18.1 Å². The van der Waals surface area contributed by atoms with E-state index < -0.39 is 6.10 Å². The summed E-state index contributed by atoms with van der Waals surface area (Å²) in [5.74, 6) is 0.876. The van der Waals surface area contributed by atoms with E-state index in [9.17, 15) is 9.90 Å². The summed E-state index contributed by atoms with van der Waals surface area (Å²) in [5, 5.41) is 14.7. The van der Waals surface area contributed by atoms with Crippen LogP contribution in [0.15, 0.2) is 66.7 Å². The van der Waals surface area contributed by atoms with Gasteiger partial charge >= 0.3 is 5.97 Å². The van der Waals surface area contributed by atoms with Crippen LogP contribution in [0.2, 0.25) is 5.02 Å². The number of benzene rings is 3. The van der Waals surface area contributed by atoms with E-state index in [1.807, 2.05) is 48.5 Å². The van der Waals surface area contributed by atoms with Crippen LogP contribution in [-0.2, 0) is 29.0 Å². The largest absolute Gasteiger partial charge is 0.487 e. The zero-order chi connectivity index (χ0) is 25.3. The van der Waals surface area contributed by atoms with E-state index in [0.29, 0.717) is 36.3 Å². The minimum Gasteiger partial charge on any atom is -0.487 e. The molecule has 0 amide bonds. The van der Waals surface area contributed by atoms with Gasteiger partial charge in [-0.3, -0.25) is 0 Å². The predicted molar refractivity (Wildman–Crippen MR) is 140 cm³/mol. The molecule has 3 aromatic carbocycles.